The predicted octanol–water partition coefficient (Wildman–Crippen LogP) is 4.74. The summed E-state index contributed by atoms with van der Waals surface area (Å²) >= 11 is 9.80. The molecule has 0 saturated carbocycles. The van der Waals surface area contributed by atoms with Gasteiger partial charge in [-0.1, -0.05) is 35.8 Å². The molecule has 0 aromatic heterocycles. The Morgan fingerprint density at radius 3 is 2.67 bits per heavy atom. The largest absolute Gasteiger partial charge is 0.179 e. The van der Waals surface area contributed by atoms with Crippen molar-refractivity contribution < 1.29 is 0 Å². The van der Waals surface area contributed by atoms with Crippen LogP contribution in [-0.4, -0.2) is 11.5 Å². The molecule has 0 nitrogen and oxygen atoms in total. The topological polar surface area (TPSA) is 0 Å². The summed E-state index contributed by atoms with van der Waals surface area (Å²) in [5.41, 5.74) is 0. The van der Waals surface area contributed by atoms with E-state index in [1.165, 1.54) is 4.90 Å². The molecule has 0 bridgehead atoms. The molecule has 0 amide bonds. The third-order valence-corrected chi connectivity index (χ3v) is 4.58. The maximum Gasteiger partial charge on any atom is 0.0186 e. The number of thioether (sulfide) groups is 1. The van der Waals surface area contributed by atoms with Crippen LogP contribution in [0.15, 0.2) is 33.6 Å². The molecule has 0 saturated heterocycles. The highest BCUT2D eigenvalue weighted by Gasteiger charge is 2.11. The molecule has 0 aliphatic rings. The minimum absolute atomic E-state index is 0.692. The summed E-state index contributed by atoms with van der Waals surface area (Å²) in [7, 11) is 0. The monoisotopic (exact) mass is 304 g/mol. The smallest absolute Gasteiger partial charge is 0.0186 e. The Labute approximate surface area is 111 Å². The molecule has 3 heteroatoms. The Kier molecular flexibility index (Phi) is 6.17. The molecular formula is C12H17BrS2. The van der Waals surface area contributed by atoms with E-state index in [0.717, 1.165) is 16.0 Å². The van der Waals surface area contributed by atoms with Gasteiger partial charge in [-0.15, -0.1) is 11.8 Å². The van der Waals surface area contributed by atoms with E-state index in [4.69, 9.17) is 0 Å². The molecule has 0 N–H and O–H groups in total. The summed E-state index contributed by atoms with van der Waals surface area (Å²) in [6.45, 7) is 4.53. The zero-order chi connectivity index (χ0) is 11.3. The van der Waals surface area contributed by atoms with Crippen molar-refractivity contribution in [2.75, 3.05) is 11.5 Å². The van der Waals surface area contributed by atoms with Crippen molar-refractivity contribution in [2.45, 2.75) is 18.7 Å². The quantitative estimate of drug-likeness (QED) is 0.605. The van der Waals surface area contributed by atoms with Crippen molar-refractivity contribution in [3.8, 4) is 0 Å². The fourth-order valence-electron chi connectivity index (χ4n) is 1.22. The maximum atomic E-state index is 4.40. The Hall–Kier alpha value is 0.400. The van der Waals surface area contributed by atoms with Gasteiger partial charge in [-0.05, 0) is 35.8 Å². The lowest BCUT2D eigenvalue weighted by atomic mass is 10.0. The van der Waals surface area contributed by atoms with Crippen LogP contribution < -0.4 is 0 Å². The normalized spacial score (nSPS) is 13.1. The summed E-state index contributed by atoms with van der Waals surface area (Å²) in [5.74, 6) is 3.52. The highest BCUT2D eigenvalue weighted by molar-refractivity contribution is 9.10. The Morgan fingerprint density at radius 2 is 2.13 bits per heavy atom. The fourth-order valence-corrected chi connectivity index (χ4v) is 3.79. The zero-order valence-electron chi connectivity index (χ0n) is 9.11. The number of benzene rings is 1. The third kappa shape index (κ3) is 4.83. The second-order valence-electron chi connectivity index (χ2n) is 3.96. The average molecular weight is 305 g/mol. The van der Waals surface area contributed by atoms with Crippen molar-refractivity contribution >= 4 is 40.3 Å². The summed E-state index contributed by atoms with van der Waals surface area (Å²) in [4.78, 5) is 1.33. The average Bonchev–Trinajstić information content (AvgIpc) is 2.18. The molecule has 0 spiro atoms. The van der Waals surface area contributed by atoms with Crippen LogP contribution in [0.3, 0.4) is 0 Å². The summed E-state index contributed by atoms with van der Waals surface area (Å²) in [6, 6.07) is 8.46. The zero-order valence-corrected chi connectivity index (χ0v) is 12.4. The Morgan fingerprint density at radius 1 is 1.40 bits per heavy atom. The van der Waals surface area contributed by atoms with E-state index in [9.17, 15) is 0 Å². The van der Waals surface area contributed by atoms with E-state index in [0.29, 0.717) is 11.8 Å². The minimum atomic E-state index is 0.692. The van der Waals surface area contributed by atoms with E-state index >= 15 is 0 Å². The number of hydrogen-bond donors (Lipinski definition) is 1. The predicted molar refractivity (Wildman–Crippen MR) is 77.0 cm³/mol. The second-order valence-corrected chi connectivity index (χ2v) is 6.33. The SMILES string of the molecule is CC(C)C(CS)CSc1cccc(Br)c1. The molecule has 1 aromatic rings. The molecule has 0 heterocycles. The van der Waals surface area contributed by atoms with Crippen LogP contribution >= 0.6 is 40.3 Å². The van der Waals surface area contributed by atoms with E-state index < -0.39 is 0 Å². The molecular weight excluding hydrogens is 288 g/mol. The van der Waals surface area contributed by atoms with Gasteiger partial charge in [0.15, 0.2) is 0 Å². The molecule has 1 atom stereocenters. The van der Waals surface area contributed by atoms with E-state index in [-0.39, 0.29) is 0 Å². The highest BCUT2D eigenvalue weighted by atomic mass is 79.9. The summed E-state index contributed by atoms with van der Waals surface area (Å²) < 4.78 is 1.15. The summed E-state index contributed by atoms with van der Waals surface area (Å²) in [5, 5.41) is 0. The van der Waals surface area contributed by atoms with Crippen molar-refractivity contribution in [3.05, 3.63) is 28.7 Å². The Bertz CT molecular complexity index is 299. The van der Waals surface area contributed by atoms with Gasteiger partial charge in [-0.2, -0.15) is 12.6 Å². The van der Waals surface area contributed by atoms with Crippen LogP contribution in [0.2, 0.25) is 0 Å². The van der Waals surface area contributed by atoms with Crippen molar-refractivity contribution in [2.24, 2.45) is 11.8 Å². The van der Waals surface area contributed by atoms with Gasteiger partial charge in [0.05, 0.1) is 0 Å². The van der Waals surface area contributed by atoms with Gasteiger partial charge in [0.2, 0.25) is 0 Å². The molecule has 1 unspecified atom stereocenters. The van der Waals surface area contributed by atoms with Gasteiger partial charge >= 0.3 is 0 Å². The van der Waals surface area contributed by atoms with Crippen LogP contribution in [0.5, 0.6) is 0 Å². The molecule has 1 rings (SSSR count). The molecule has 15 heavy (non-hydrogen) atoms. The number of halogens is 1. The maximum absolute atomic E-state index is 4.40. The molecule has 0 radical (unpaired) electrons. The van der Waals surface area contributed by atoms with Crippen molar-refractivity contribution in [1.82, 2.24) is 0 Å². The molecule has 0 aliphatic carbocycles. The van der Waals surface area contributed by atoms with Gasteiger partial charge in [-0.25, -0.2) is 0 Å². The van der Waals surface area contributed by atoms with E-state index in [1.54, 1.807) is 0 Å². The van der Waals surface area contributed by atoms with E-state index in [1.807, 2.05) is 11.8 Å². The highest BCUT2D eigenvalue weighted by Crippen LogP contribution is 2.26. The molecule has 0 fully saturated rings. The van der Waals surface area contributed by atoms with Crippen LogP contribution in [-0.2, 0) is 0 Å². The van der Waals surface area contributed by atoms with Gasteiger partial charge < -0.3 is 0 Å². The Balaban J connectivity index is 2.49. The first-order valence-corrected chi connectivity index (χ1v) is 7.53. The van der Waals surface area contributed by atoms with Crippen LogP contribution in [0.25, 0.3) is 0 Å². The first-order chi connectivity index (χ1) is 7.13. The lowest BCUT2D eigenvalue weighted by Crippen LogP contribution is -2.13. The first kappa shape index (κ1) is 13.5. The van der Waals surface area contributed by atoms with Crippen molar-refractivity contribution in [3.63, 3.8) is 0 Å². The standard InChI is InChI=1S/C12H17BrS2/c1-9(2)10(7-14)8-15-12-5-3-4-11(13)6-12/h3-6,9-10,14H,7-8H2,1-2H3. The first-order valence-electron chi connectivity index (χ1n) is 5.12. The minimum Gasteiger partial charge on any atom is -0.179 e. The van der Waals surface area contributed by atoms with Gasteiger partial charge in [0.1, 0.15) is 0 Å². The van der Waals surface area contributed by atoms with Crippen LogP contribution in [0.4, 0.5) is 0 Å². The third-order valence-electron chi connectivity index (χ3n) is 2.44. The van der Waals surface area contributed by atoms with Crippen LogP contribution in [0.1, 0.15) is 13.8 Å². The lowest BCUT2D eigenvalue weighted by molar-refractivity contribution is 0.473. The van der Waals surface area contributed by atoms with Crippen molar-refractivity contribution in [1.29, 1.82) is 0 Å². The second kappa shape index (κ2) is 6.87. The number of thiol groups is 1. The van der Waals surface area contributed by atoms with Gasteiger partial charge in [0.25, 0.3) is 0 Å². The van der Waals surface area contributed by atoms with Crippen LogP contribution in [0, 0.1) is 11.8 Å². The number of hydrogen-bond acceptors (Lipinski definition) is 2. The molecule has 0 aliphatic heterocycles. The van der Waals surface area contributed by atoms with Gasteiger partial charge in [0, 0.05) is 15.1 Å². The number of rotatable bonds is 5. The molecule has 1 aromatic carbocycles. The van der Waals surface area contributed by atoms with E-state index in [2.05, 4.69) is 66.7 Å². The lowest BCUT2D eigenvalue weighted by Gasteiger charge is -2.17. The van der Waals surface area contributed by atoms with Gasteiger partial charge in [-0.3, -0.25) is 0 Å². The summed E-state index contributed by atoms with van der Waals surface area (Å²) in [6.07, 6.45) is 0. The fraction of sp³-hybridized carbons (Fsp3) is 0.500. The molecule has 84 valence electrons.